The highest BCUT2D eigenvalue weighted by Gasteiger charge is 2.18. The first kappa shape index (κ1) is 13.1. The molecular weight excluding hydrogens is 244 g/mol. The van der Waals surface area contributed by atoms with Gasteiger partial charge in [-0.1, -0.05) is 42.5 Å². The van der Waals surface area contributed by atoms with Gasteiger partial charge in [-0.25, -0.2) is 0 Å². The summed E-state index contributed by atoms with van der Waals surface area (Å²) < 4.78 is 0. The summed E-state index contributed by atoms with van der Waals surface area (Å²) in [7, 11) is 0. The molecule has 2 nitrogen and oxygen atoms in total. The molecule has 2 aromatic carbocycles. The smallest absolute Gasteiger partial charge is 0.0419 e. The van der Waals surface area contributed by atoms with Crippen molar-refractivity contribution in [1.82, 2.24) is 0 Å². The van der Waals surface area contributed by atoms with E-state index in [4.69, 9.17) is 11.5 Å². The van der Waals surface area contributed by atoms with E-state index in [1.807, 2.05) is 0 Å². The molecule has 0 spiro atoms. The van der Waals surface area contributed by atoms with Crippen molar-refractivity contribution in [2.24, 2.45) is 11.5 Å². The predicted molar refractivity (Wildman–Crippen MR) is 77.9 cm³/mol. The van der Waals surface area contributed by atoms with Crippen molar-refractivity contribution in [2.75, 3.05) is 6.54 Å². The predicted octanol–water partition coefficient (Wildman–Crippen LogP) is 2.64. The normalized spacial score (nSPS) is 13.4. The van der Waals surface area contributed by atoms with Crippen LogP contribution in [0.15, 0.2) is 42.5 Å². The Balaban J connectivity index is 0.00000120. The van der Waals surface area contributed by atoms with E-state index in [9.17, 15) is 0 Å². The number of nitrogens with two attached hydrogens (primary N) is 2. The topological polar surface area (TPSA) is 52.0 Å². The summed E-state index contributed by atoms with van der Waals surface area (Å²) in [5.41, 5.74) is 18.2. The fraction of sp³-hybridized carbons (Fsp3) is 0.200. The van der Waals surface area contributed by atoms with Crippen LogP contribution in [0.4, 0.5) is 0 Å². The molecule has 1 aliphatic rings. The van der Waals surface area contributed by atoms with Crippen molar-refractivity contribution in [3.63, 3.8) is 0 Å². The highest BCUT2D eigenvalue weighted by atomic mass is 35.5. The third-order valence-electron chi connectivity index (χ3n) is 3.50. The first-order valence-electron chi connectivity index (χ1n) is 5.96. The molecule has 0 radical (unpaired) electrons. The first-order chi connectivity index (χ1) is 8.29. The molecule has 0 saturated carbocycles. The fourth-order valence-electron chi connectivity index (χ4n) is 2.53. The monoisotopic (exact) mass is 260 g/mol. The average Bonchev–Trinajstić information content (AvgIpc) is 2.75. The van der Waals surface area contributed by atoms with Crippen molar-refractivity contribution in [2.45, 2.75) is 12.5 Å². The van der Waals surface area contributed by atoms with Crippen LogP contribution in [0.25, 0.3) is 11.1 Å². The van der Waals surface area contributed by atoms with Crippen LogP contribution in [0.2, 0.25) is 0 Å². The largest absolute Gasteiger partial charge is 0.329 e. The zero-order chi connectivity index (χ0) is 11.8. The number of hydrogen-bond acceptors (Lipinski definition) is 2. The Hall–Kier alpha value is -1.35. The minimum absolute atomic E-state index is 0. The molecule has 0 amide bonds. The molecule has 0 saturated heterocycles. The quantitative estimate of drug-likeness (QED) is 0.744. The zero-order valence-corrected chi connectivity index (χ0v) is 10.9. The lowest BCUT2D eigenvalue weighted by molar-refractivity contribution is 0.736. The van der Waals surface area contributed by atoms with Crippen LogP contribution >= 0.6 is 12.4 Å². The molecule has 18 heavy (non-hydrogen) atoms. The van der Waals surface area contributed by atoms with E-state index in [0.717, 1.165) is 12.0 Å². The number of halogens is 1. The van der Waals surface area contributed by atoms with E-state index in [1.165, 1.54) is 22.3 Å². The molecule has 94 valence electrons. The molecule has 0 fully saturated rings. The molecule has 4 N–H and O–H groups in total. The summed E-state index contributed by atoms with van der Waals surface area (Å²) in [4.78, 5) is 0. The maximum absolute atomic E-state index is 5.97. The van der Waals surface area contributed by atoms with E-state index in [1.54, 1.807) is 0 Å². The van der Waals surface area contributed by atoms with Crippen LogP contribution in [0, 0.1) is 0 Å². The van der Waals surface area contributed by atoms with Crippen LogP contribution in [0.1, 0.15) is 22.7 Å². The van der Waals surface area contributed by atoms with Crippen molar-refractivity contribution in [1.29, 1.82) is 0 Å². The lowest BCUT2D eigenvalue weighted by Gasteiger charge is -2.10. The Kier molecular flexibility index (Phi) is 3.71. The lowest BCUT2D eigenvalue weighted by atomic mass is 10.00. The van der Waals surface area contributed by atoms with E-state index >= 15 is 0 Å². The van der Waals surface area contributed by atoms with E-state index in [-0.39, 0.29) is 18.4 Å². The van der Waals surface area contributed by atoms with Gasteiger partial charge < -0.3 is 11.5 Å². The van der Waals surface area contributed by atoms with Crippen molar-refractivity contribution >= 4 is 12.4 Å². The van der Waals surface area contributed by atoms with Crippen molar-refractivity contribution in [3.05, 3.63) is 59.2 Å². The van der Waals surface area contributed by atoms with Gasteiger partial charge in [0.15, 0.2) is 0 Å². The number of fused-ring (bicyclic) bond motifs is 3. The standard InChI is InChI=1S/C15H16N2.ClH/c16-9-15(17)11-5-6-14-12(8-11)7-10-3-1-2-4-13(10)14;/h1-6,8,15H,7,9,16-17H2;1H/t15-;/m0./s1. The first-order valence-corrected chi connectivity index (χ1v) is 5.96. The van der Waals surface area contributed by atoms with Gasteiger partial charge in [0.05, 0.1) is 0 Å². The molecule has 1 atom stereocenters. The van der Waals surface area contributed by atoms with Gasteiger partial charge in [-0.2, -0.15) is 0 Å². The van der Waals surface area contributed by atoms with Crippen molar-refractivity contribution < 1.29 is 0 Å². The van der Waals surface area contributed by atoms with Crippen LogP contribution in [-0.2, 0) is 6.42 Å². The molecule has 0 aliphatic heterocycles. The van der Waals surface area contributed by atoms with Gasteiger partial charge >= 0.3 is 0 Å². The molecular formula is C15H17ClN2. The maximum Gasteiger partial charge on any atom is 0.0419 e. The summed E-state index contributed by atoms with van der Waals surface area (Å²) in [6, 6.07) is 15.0. The second-order valence-corrected chi connectivity index (χ2v) is 4.59. The maximum atomic E-state index is 5.97. The van der Waals surface area contributed by atoms with Crippen molar-refractivity contribution in [3.8, 4) is 11.1 Å². The second kappa shape index (κ2) is 5.11. The fourth-order valence-corrected chi connectivity index (χ4v) is 2.53. The molecule has 2 aromatic rings. The molecule has 1 aliphatic carbocycles. The van der Waals surface area contributed by atoms with Gasteiger partial charge in [0.25, 0.3) is 0 Å². The van der Waals surface area contributed by atoms with Gasteiger partial charge in [0, 0.05) is 12.6 Å². The summed E-state index contributed by atoms with van der Waals surface area (Å²) in [6.07, 6.45) is 1.01. The van der Waals surface area contributed by atoms with Gasteiger partial charge in [-0.3, -0.25) is 0 Å². The third kappa shape index (κ3) is 2.03. The summed E-state index contributed by atoms with van der Waals surface area (Å²) in [5, 5.41) is 0. The van der Waals surface area contributed by atoms with E-state index < -0.39 is 0 Å². The van der Waals surface area contributed by atoms with Crippen LogP contribution in [0.5, 0.6) is 0 Å². The molecule has 0 aromatic heterocycles. The highest BCUT2D eigenvalue weighted by Crippen LogP contribution is 2.37. The Labute approximate surface area is 113 Å². The SMILES string of the molecule is Cl.NC[C@H](N)c1ccc2c(c1)Cc1ccccc1-2. The van der Waals surface area contributed by atoms with E-state index in [0.29, 0.717) is 6.54 Å². The molecule has 0 heterocycles. The van der Waals surface area contributed by atoms with Gasteiger partial charge in [0.1, 0.15) is 0 Å². The Morgan fingerprint density at radius 3 is 2.50 bits per heavy atom. The zero-order valence-electron chi connectivity index (χ0n) is 10.1. The Morgan fingerprint density at radius 1 is 1.00 bits per heavy atom. The second-order valence-electron chi connectivity index (χ2n) is 4.59. The van der Waals surface area contributed by atoms with Gasteiger partial charge in [0.2, 0.25) is 0 Å². The summed E-state index contributed by atoms with van der Waals surface area (Å²) in [5.74, 6) is 0. The van der Waals surface area contributed by atoms with E-state index in [2.05, 4.69) is 42.5 Å². The number of benzene rings is 2. The molecule has 0 unspecified atom stereocenters. The third-order valence-corrected chi connectivity index (χ3v) is 3.50. The minimum Gasteiger partial charge on any atom is -0.329 e. The summed E-state index contributed by atoms with van der Waals surface area (Å²) >= 11 is 0. The molecule has 0 bridgehead atoms. The number of rotatable bonds is 2. The Bertz CT molecular complexity index is 566. The average molecular weight is 261 g/mol. The molecule has 3 heteroatoms. The number of hydrogen-bond donors (Lipinski definition) is 2. The Morgan fingerprint density at radius 2 is 1.72 bits per heavy atom. The minimum atomic E-state index is -0.0518. The van der Waals surface area contributed by atoms with Crippen LogP contribution in [0.3, 0.4) is 0 Å². The van der Waals surface area contributed by atoms with Crippen LogP contribution in [-0.4, -0.2) is 6.54 Å². The van der Waals surface area contributed by atoms with Crippen LogP contribution < -0.4 is 11.5 Å². The summed E-state index contributed by atoms with van der Waals surface area (Å²) in [6.45, 7) is 0.492. The van der Waals surface area contributed by atoms with Gasteiger partial charge in [-0.05, 0) is 34.2 Å². The highest BCUT2D eigenvalue weighted by molar-refractivity contribution is 5.85. The molecule has 3 rings (SSSR count). The van der Waals surface area contributed by atoms with Gasteiger partial charge in [-0.15, -0.1) is 12.4 Å². The lowest BCUT2D eigenvalue weighted by Crippen LogP contribution is -2.20.